The zero-order valence-electron chi connectivity index (χ0n) is 31.3. The Hall–Kier alpha value is -5.15. The molecule has 3 aromatic heterocycles. The Bertz CT molecular complexity index is 2390. The van der Waals surface area contributed by atoms with E-state index in [0.717, 1.165) is 14.9 Å². The Morgan fingerprint density at radius 3 is 2.29 bits per heavy atom. The fourth-order valence-electron chi connectivity index (χ4n) is 7.68. The Balaban J connectivity index is 1.32. The Kier molecular flexibility index (Phi) is 10.8. The molecule has 2 atom stereocenters. The van der Waals surface area contributed by atoms with Crippen LogP contribution in [0.4, 0.5) is 4.39 Å². The van der Waals surface area contributed by atoms with Gasteiger partial charge in [-0.2, -0.15) is 0 Å². The predicted molar refractivity (Wildman–Crippen MR) is 212 cm³/mol. The highest BCUT2D eigenvalue weighted by atomic mass is 32.1. The number of nitrogens with one attached hydrogen (secondary N) is 1. The van der Waals surface area contributed by atoms with Gasteiger partial charge in [-0.3, -0.25) is 14.2 Å². The van der Waals surface area contributed by atoms with Crippen molar-refractivity contribution in [3.63, 3.8) is 0 Å². The number of halogens is 1. The summed E-state index contributed by atoms with van der Waals surface area (Å²) in [5.74, 6) is -0.278. The van der Waals surface area contributed by atoms with Crippen molar-refractivity contribution in [2.45, 2.75) is 57.8 Å². The van der Waals surface area contributed by atoms with Crippen LogP contribution in [0, 0.1) is 12.7 Å². The number of oxazole rings is 1. The van der Waals surface area contributed by atoms with Crippen molar-refractivity contribution in [3.05, 3.63) is 129 Å². The molecule has 1 N–H and O–H groups in total. The van der Waals surface area contributed by atoms with E-state index in [-0.39, 0.29) is 36.6 Å². The standard InChI is InChI=1S/C41H43FN4O7SSi/c1-26-34-38(48)46(31-18-19-43-36(31)47)40(49)45(39(34)54-35(26)37-44-20-21-52-37)25-33(30-24-27(42)16-17-32(30)50-5)51-22-23-53-55(41(2,3)4,28-12-8-6-9-13-28)29-14-10-7-11-15-29/h6-17,20-21,24,31,33H,18-19,22-23,25H2,1-5H3,(H,43,47)/t31?,33-/m0/s1. The number of rotatable bonds is 13. The van der Waals surface area contributed by atoms with Crippen LogP contribution >= 0.6 is 11.3 Å². The summed E-state index contributed by atoms with van der Waals surface area (Å²) < 4.78 is 42.5. The maximum Gasteiger partial charge on any atom is 0.332 e. The SMILES string of the molecule is COc1ccc(F)cc1[C@H](Cn1c(=O)n(C2CCNC2=O)c(=O)c2c(C)c(-c3ncco3)sc21)OCCO[Si](c1ccccc1)(c1ccccc1)C(C)(C)C. The molecule has 1 aliphatic heterocycles. The van der Waals surface area contributed by atoms with E-state index in [0.29, 0.717) is 39.0 Å². The largest absolute Gasteiger partial charge is 0.496 e. The fraction of sp³-hybridized carbons (Fsp3) is 0.317. The van der Waals surface area contributed by atoms with Crippen molar-refractivity contribution in [3.8, 4) is 16.5 Å². The first-order valence-electron chi connectivity index (χ1n) is 18.1. The summed E-state index contributed by atoms with van der Waals surface area (Å²) in [6, 6.07) is 23.6. The summed E-state index contributed by atoms with van der Waals surface area (Å²) in [7, 11) is -1.44. The zero-order valence-corrected chi connectivity index (χ0v) is 33.2. The van der Waals surface area contributed by atoms with Gasteiger partial charge in [-0.25, -0.2) is 18.7 Å². The molecule has 3 aromatic carbocycles. The summed E-state index contributed by atoms with van der Waals surface area (Å²) in [6.45, 7) is 8.76. The molecule has 0 aliphatic carbocycles. The number of amides is 1. The van der Waals surface area contributed by atoms with Crippen LogP contribution in [0.5, 0.6) is 5.75 Å². The number of ether oxygens (including phenoxy) is 2. The van der Waals surface area contributed by atoms with Gasteiger partial charge >= 0.3 is 5.69 Å². The number of aryl methyl sites for hydroxylation is 1. The molecule has 1 amide bonds. The first-order chi connectivity index (χ1) is 26.5. The maximum atomic E-state index is 15.0. The van der Waals surface area contributed by atoms with E-state index in [1.807, 2.05) is 36.4 Å². The minimum atomic E-state index is -2.92. The molecule has 14 heteroatoms. The summed E-state index contributed by atoms with van der Waals surface area (Å²) in [5, 5.41) is 4.94. The maximum absolute atomic E-state index is 15.0. The number of methoxy groups -OCH3 is 1. The molecule has 0 spiro atoms. The van der Waals surface area contributed by atoms with Gasteiger partial charge in [0.1, 0.15) is 34.8 Å². The molecular formula is C41H43FN4O7SSi. The van der Waals surface area contributed by atoms with Crippen molar-refractivity contribution in [2.24, 2.45) is 0 Å². The van der Waals surface area contributed by atoms with Crippen molar-refractivity contribution in [1.82, 2.24) is 19.4 Å². The van der Waals surface area contributed by atoms with Gasteiger partial charge in [0.05, 0.1) is 43.3 Å². The van der Waals surface area contributed by atoms with Gasteiger partial charge in [0.2, 0.25) is 11.8 Å². The summed E-state index contributed by atoms with van der Waals surface area (Å²) >= 11 is 1.18. The van der Waals surface area contributed by atoms with Crippen LogP contribution in [0.1, 0.15) is 50.5 Å². The number of hydrogen-bond donors (Lipinski definition) is 1. The Labute approximate surface area is 322 Å². The molecule has 0 bridgehead atoms. The van der Waals surface area contributed by atoms with Crippen LogP contribution in [0.15, 0.2) is 105 Å². The third-order valence-corrected chi connectivity index (χ3v) is 16.6. The first-order valence-corrected chi connectivity index (χ1v) is 20.8. The molecule has 1 saturated heterocycles. The predicted octanol–water partition coefficient (Wildman–Crippen LogP) is 5.73. The van der Waals surface area contributed by atoms with Crippen LogP contribution in [0.2, 0.25) is 5.04 Å². The smallest absolute Gasteiger partial charge is 0.332 e. The third-order valence-electron chi connectivity index (χ3n) is 10.2. The molecule has 55 heavy (non-hydrogen) atoms. The number of hydrogen-bond acceptors (Lipinski definition) is 9. The second kappa shape index (κ2) is 15.5. The summed E-state index contributed by atoms with van der Waals surface area (Å²) in [5.41, 5.74) is -0.338. The average molecular weight is 783 g/mol. The minimum absolute atomic E-state index is 0.0719. The highest BCUT2D eigenvalue weighted by molar-refractivity contribution is 7.22. The molecule has 6 aromatic rings. The lowest BCUT2D eigenvalue weighted by Crippen LogP contribution is -2.66. The normalized spacial score (nSPS) is 15.4. The Morgan fingerprint density at radius 2 is 1.71 bits per heavy atom. The van der Waals surface area contributed by atoms with Gasteiger partial charge < -0.3 is 23.6 Å². The van der Waals surface area contributed by atoms with Gasteiger partial charge in [-0.15, -0.1) is 11.3 Å². The third kappa shape index (κ3) is 6.99. The number of carbonyl (C=O) groups is 1. The topological polar surface area (TPSA) is 127 Å². The number of nitrogens with zero attached hydrogens (tertiary/aromatic N) is 3. The average Bonchev–Trinajstić information content (AvgIpc) is 3.94. The molecular weight excluding hydrogens is 740 g/mol. The molecule has 11 nitrogen and oxygen atoms in total. The number of aromatic nitrogens is 3. The molecule has 4 heterocycles. The van der Waals surface area contributed by atoms with Gasteiger partial charge in [-0.05, 0) is 52.5 Å². The van der Waals surface area contributed by atoms with Gasteiger partial charge in [-0.1, -0.05) is 81.4 Å². The lowest BCUT2D eigenvalue weighted by atomic mass is 10.1. The van der Waals surface area contributed by atoms with E-state index in [9.17, 15) is 14.4 Å². The van der Waals surface area contributed by atoms with E-state index >= 15 is 4.39 Å². The van der Waals surface area contributed by atoms with Crippen LogP contribution in [-0.2, 0) is 20.5 Å². The fourth-order valence-corrected chi connectivity index (χ4v) is 13.5. The summed E-state index contributed by atoms with van der Waals surface area (Å²) in [4.78, 5) is 46.9. The molecule has 7 rings (SSSR count). The zero-order chi connectivity index (χ0) is 38.9. The highest BCUT2D eigenvalue weighted by Gasteiger charge is 2.50. The molecule has 0 radical (unpaired) electrons. The molecule has 1 aliphatic rings. The van der Waals surface area contributed by atoms with Crippen LogP contribution in [-0.4, -0.2) is 55.2 Å². The molecule has 286 valence electrons. The molecule has 1 fully saturated rings. The van der Waals surface area contributed by atoms with Gasteiger partial charge in [0, 0.05) is 12.1 Å². The first kappa shape index (κ1) is 38.1. The number of carbonyl (C=O) groups excluding carboxylic acids is 1. The van der Waals surface area contributed by atoms with Crippen molar-refractivity contribution >= 4 is 46.2 Å². The van der Waals surface area contributed by atoms with E-state index in [1.165, 1.54) is 53.7 Å². The van der Waals surface area contributed by atoms with E-state index < -0.39 is 43.4 Å². The lowest BCUT2D eigenvalue weighted by Gasteiger charge is -2.43. The second-order valence-corrected chi connectivity index (χ2v) is 19.8. The minimum Gasteiger partial charge on any atom is -0.496 e. The highest BCUT2D eigenvalue weighted by Crippen LogP contribution is 2.39. The van der Waals surface area contributed by atoms with Crippen molar-refractivity contribution in [1.29, 1.82) is 0 Å². The van der Waals surface area contributed by atoms with Gasteiger partial charge in [0.15, 0.2) is 0 Å². The number of fused-ring (bicyclic) bond motifs is 1. The monoisotopic (exact) mass is 782 g/mol. The quantitative estimate of drug-likeness (QED) is 0.116. The van der Waals surface area contributed by atoms with E-state index in [2.05, 4.69) is 55.3 Å². The molecule has 0 saturated carbocycles. The lowest BCUT2D eigenvalue weighted by molar-refractivity contribution is -0.122. The van der Waals surface area contributed by atoms with Crippen LogP contribution in [0.25, 0.3) is 21.0 Å². The van der Waals surface area contributed by atoms with E-state index in [4.69, 9.17) is 18.3 Å². The summed E-state index contributed by atoms with van der Waals surface area (Å²) in [6.07, 6.45) is 2.25. The number of thiophene rings is 1. The van der Waals surface area contributed by atoms with E-state index in [1.54, 1.807) is 6.92 Å². The van der Waals surface area contributed by atoms with Crippen LogP contribution < -0.4 is 31.7 Å². The van der Waals surface area contributed by atoms with Crippen molar-refractivity contribution in [2.75, 3.05) is 26.9 Å². The Morgan fingerprint density at radius 1 is 1.02 bits per heavy atom. The van der Waals surface area contributed by atoms with Crippen molar-refractivity contribution < 1.29 is 27.5 Å². The number of benzene rings is 3. The van der Waals surface area contributed by atoms with Gasteiger partial charge in [0.25, 0.3) is 13.9 Å². The van der Waals surface area contributed by atoms with Crippen LogP contribution in [0.3, 0.4) is 0 Å². The molecule has 1 unspecified atom stereocenters. The second-order valence-electron chi connectivity index (χ2n) is 14.5.